The molecule has 3 aliphatic heterocycles. The number of carbonyl (C=O) groups is 2. The van der Waals surface area contributed by atoms with Crippen molar-refractivity contribution in [3.05, 3.63) is 83.2 Å². The van der Waals surface area contributed by atoms with E-state index in [-0.39, 0.29) is 18.5 Å². The van der Waals surface area contributed by atoms with Crippen LogP contribution in [0.15, 0.2) is 77.1 Å². The van der Waals surface area contributed by atoms with Crippen LogP contribution in [0.4, 0.5) is 4.79 Å². The Balaban J connectivity index is 1.47. The molecular formula is C24H25N5O2. The van der Waals surface area contributed by atoms with E-state index < -0.39 is 12.2 Å². The van der Waals surface area contributed by atoms with Gasteiger partial charge < -0.3 is 9.80 Å². The number of likely N-dealkylation sites (N-methyl/N-ethyl adjacent to an activating group) is 1. The molecule has 2 aromatic rings. The van der Waals surface area contributed by atoms with Gasteiger partial charge in [0.15, 0.2) is 12.2 Å². The van der Waals surface area contributed by atoms with Gasteiger partial charge in [-0.3, -0.25) is 14.6 Å². The van der Waals surface area contributed by atoms with Crippen LogP contribution in [-0.4, -0.2) is 56.8 Å². The Bertz CT molecular complexity index is 1100. The molecule has 1 saturated heterocycles. The molecule has 0 aromatic heterocycles. The van der Waals surface area contributed by atoms with E-state index in [0.29, 0.717) is 6.54 Å². The second-order valence-electron chi connectivity index (χ2n) is 8.20. The van der Waals surface area contributed by atoms with Gasteiger partial charge in [-0.15, -0.1) is 0 Å². The van der Waals surface area contributed by atoms with E-state index in [1.54, 1.807) is 11.9 Å². The summed E-state index contributed by atoms with van der Waals surface area (Å²) in [7, 11) is 1.73. The molecule has 0 N–H and O–H groups in total. The lowest BCUT2D eigenvalue weighted by Gasteiger charge is -2.40. The number of fused-ring (bicyclic) bond motifs is 3. The zero-order valence-electron chi connectivity index (χ0n) is 17.9. The first-order chi connectivity index (χ1) is 15.0. The molecule has 5 rings (SSSR count). The quantitative estimate of drug-likeness (QED) is 0.769. The Morgan fingerprint density at radius 3 is 1.94 bits per heavy atom. The zero-order chi connectivity index (χ0) is 21.7. The molecule has 31 heavy (non-hydrogen) atoms. The molecule has 0 radical (unpaired) electrons. The van der Waals surface area contributed by atoms with Crippen LogP contribution in [0, 0.1) is 0 Å². The normalized spacial score (nSPS) is 22.9. The van der Waals surface area contributed by atoms with Crippen LogP contribution >= 0.6 is 0 Å². The van der Waals surface area contributed by atoms with E-state index in [4.69, 9.17) is 4.99 Å². The van der Waals surface area contributed by atoms with E-state index >= 15 is 0 Å². The van der Waals surface area contributed by atoms with Gasteiger partial charge in [0, 0.05) is 18.4 Å². The minimum absolute atomic E-state index is 0.204. The average molecular weight is 415 g/mol. The number of benzene rings is 2. The summed E-state index contributed by atoms with van der Waals surface area (Å²) < 4.78 is 0. The van der Waals surface area contributed by atoms with Crippen molar-refractivity contribution < 1.29 is 9.59 Å². The Kier molecular flexibility index (Phi) is 4.54. The number of carbonyl (C=O) groups excluding carboxylic acids is 2. The summed E-state index contributed by atoms with van der Waals surface area (Å²) in [5.74, 6) is 0.535. The highest BCUT2D eigenvalue weighted by Crippen LogP contribution is 2.38. The first-order valence-electron chi connectivity index (χ1n) is 10.5. The largest absolute Gasteiger partial charge is 0.328 e. The van der Waals surface area contributed by atoms with Crippen LogP contribution in [0.2, 0.25) is 0 Å². The number of hydrogen-bond donors (Lipinski definition) is 0. The number of aliphatic imine (C=N–C) groups is 1. The van der Waals surface area contributed by atoms with Crippen molar-refractivity contribution in [1.82, 2.24) is 19.6 Å². The van der Waals surface area contributed by atoms with Crippen LogP contribution in [0.25, 0.3) is 0 Å². The van der Waals surface area contributed by atoms with Gasteiger partial charge in [0.25, 0.3) is 5.91 Å². The molecule has 7 nitrogen and oxygen atoms in total. The van der Waals surface area contributed by atoms with Gasteiger partial charge in [0.05, 0.1) is 13.1 Å². The van der Waals surface area contributed by atoms with Gasteiger partial charge in [-0.1, -0.05) is 60.7 Å². The molecule has 3 aliphatic rings. The Morgan fingerprint density at radius 1 is 0.806 bits per heavy atom. The average Bonchev–Trinajstić information content (AvgIpc) is 3.29. The fourth-order valence-electron chi connectivity index (χ4n) is 4.55. The van der Waals surface area contributed by atoms with Gasteiger partial charge >= 0.3 is 6.03 Å². The van der Waals surface area contributed by atoms with E-state index in [1.807, 2.05) is 60.4 Å². The summed E-state index contributed by atoms with van der Waals surface area (Å²) in [6.45, 7) is 4.99. The van der Waals surface area contributed by atoms with E-state index in [1.165, 1.54) is 4.90 Å². The van der Waals surface area contributed by atoms with Gasteiger partial charge in [0.2, 0.25) is 5.96 Å². The predicted molar refractivity (Wildman–Crippen MR) is 117 cm³/mol. The maximum atomic E-state index is 13.5. The molecule has 0 spiro atoms. The highest BCUT2D eigenvalue weighted by Gasteiger charge is 2.55. The minimum atomic E-state index is -0.544. The molecule has 1 fully saturated rings. The van der Waals surface area contributed by atoms with Crippen molar-refractivity contribution in [2.45, 2.75) is 39.1 Å². The number of guanidine groups is 1. The van der Waals surface area contributed by atoms with Crippen molar-refractivity contribution in [3.8, 4) is 0 Å². The summed E-state index contributed by atoms with van der Waals surface area (Å²) >= 11 is 0. The van der Waals surface area contributed by atoms with Gasteiger partial charge in [-0.2, -0.15) is 0 Å². The van der Waals surface area contributed by atoms with Gasteiger partial charge in [-0.25, -0.2) is 9.79 Å². The summed E-state index contributed by atoms with van der Waals surface area (Å²) in [5.41, 5.74) is 4.15. The molecule has 7 heteroatoms. The summed E-state index contributed by atoms with van der Waals surface area (Å²) in [5, 5.41) is 0. The standard InChI is InChI=1S/C24H25N5O2/c1-16-17(2)29-20-21(25-23(29)27(16)14-18-10-6-4-7-11-18)26(3)24(31)28(22(20)30)15-19-12-8-5-9-13-19/h4-13,20-21H,14-15H2,1-3H3. The number of imide groups is 1. The van der Waals surface area contributed by atoms with E-state index in [2.05, 4.69) is 24.0 Å². The lowest BCUT2D eigenvalue weighted by Crippen LogP contribution is -2.64. The molecule has 3 heterocycles. The van der Waals surface area contributed by atoms with Gasteiger partial charge in [-0.05, 0) is 25.0 Å². The Labute approximate surface area is 181 Å². The van der Waals surface area contributed by atoms with Crippen LogP contribution in [0.1, 0.15) is 25.0 Å². The number of rotatable bonds is 4. The smallest absolute Gasteiger partial charge is 0.310 e. The van der Waals surface area contributed by atoms with Crippen molar-refractivity contribution in [1.29, 1.82) is 0 Å². The van der Waals surface area contributed by atoms with Crippen molar-refractivity contribution in [2.75, 3.05) is 7.05 Å². The first kappa shape index (κ1) is 19.4. The number of nitrogens with zero attached hydrogens (tertiary/aromatic N) is 5. The fraction of sp³-hybridized carbons (Fsp3) is 0.292. The second-order valence-corrected chi connectivity index (χ2v) is 8.20. The van der Waals surface area contributed by atoms with Gasteiger partial charge in [0.1, 0.15) is 0 Å². The third-order valence-corrected chi connectivity index (χ3v) is 6.37. The lowest BCUT2D eigenvalue weighted by molar-refractivity contribution is -0.137. The molecular weight excluding hydrogens is 390 g/mol. The SMILES string of the molecule is CC1=C(C)N2C(=NC3C2C(=O)N(Cc2ccccc2)C(=O)N3C)N1Cc1ccccc1. The molecule has 0 aliphatic carbocycles. The van der Waals surface area contributed by atoms with Crippen LogP contribution in [0.3, 0.4) is 0 Å². The number of urea groups is 1. The molecule has 0 bridgehead atoms. The third-order valence-electron chi connectivity index (χ3n) is 6.37. The summed E-state index contributed by atoms with van der Waals surface area (Å²) in [6.07, 6.45) is -0.525. The maximum absolute atomic E-state index is 13.5. The maximum Gasteiger partial charge on any atom is 0.328 e. The second kappa shape index (κ2) is 7.27. The summed E-state index contributed by atoms with van der Waals surface area (Å²) in [6, 6.07) is 18.9. The highest BCUT2D eigenvalue weighted by molar-refractivity contribution is 6.05. The first-order valence-corrected chi connectivity index (χ1v) is 10.5. The topological polar surface area (TPSA) is 59.5 Å². The molecule has 2 atom stereocenters. The molecule has 2 aromatic carbocycles. The number of amides is 3. The molecule has 0 saturated carbocycles. The van der Waals surface area contributed by atoms with Crippen molar-refractivity contribution >= 4 is 17.9 Å². The third kappa shape index (κ3) is 3.00. The van der Waals surface area contributed by atoms with Crippen molar-refractivity contribution in [2.24, 2.45) is 4.99 Å². The zero-order valence-corrected chi connectivity index (χ0v) is 17.9. The van der Waals surface area contributed by atoms with Crippen LogP contribution < -0.4 is 0 Å². The molecule has 158 valence electrons. The number of allylic oxidation sites excluding steroid dienone is 2. The molecule has 2 unspecified atom stereocenters. The minimum Gasteiger partial charge on any atom is -0.310 e. The lowest BCUT2D eigenvalue weighted by atomic mass is 10.1. The van der Waals surface area contributed by atoms with Crippen LogP contribution in [-0.2, 0) is 17.9 Å². The Morgan fingerprint density at radius 2 is 1.35 bits per heavy atom. The summed E-state index contributed by atoms with van der Waals surface area (Å²) in [4.78, 5) is 38.5. The predicted octanol–water partition coefficient (Wildman–Crippen LogP) is 3.21. The van der Waals surface area contributed by atoms with E-state index in [9.17, 15) is 9.59 Å². The highest BCUT2D eigenvalue weighted by atomic mass is 16.2. The molecule has 3 amide bonds. The van der Waals surface area contributed by atoms with Crippen molar-refractivity contribution in [3.63, 3.8) is 0 Å². The monoisotopic (exact) mass is 415 g/mol. The van der Waals surface area contributed by atoms with E-state index in [0.717, 1.165) is 28.5 Å². The van der Waals surface area contributed by atoms with Crippen LogP contribution in [0.5, 0.6) is 0 Å². The Hall–Kier alpha value is -3.61. The fourth-order valence-corrected chi connectivity index (χ4v) is 4.55. The number of hydrogen-bond acceptors (Lipinski definition) is 5.